The Hall–Kier alpha value is -2.99. The van der Waals surface area contributed by atoms with Gasteiger partial charge in [-0.2, -0.15) is 0 Å². The van der Waals surface area contributed by atoms with E-state index in [1.807, 2.05) is 18.2 Å². The molecule has 0 amide bonds. The van der Waals surface area contributed by atoms with Gasteiger partial charge in [-0.05, 0) is 54.8 Å². The lowest BCUT2D eigenvalue weighted by atomic mass is 10.0. The topological polar surface area (TPSA) is 61.1 Å². The fourth-order valence-corrected chi connectivity index (χ4v) is 4.47. The van der Waals surface area contributed by atoms with E-state index >= 15 is 0 Å². The van der Waals surface area contributed by atoms with Gasteiger partial charge in [0.2, 0.25) is 0 Å². The fraction of sp³-hybridized carbons (Fsp3) is 0.375. The number of benzene rings is 2. The summed E-state index contributed by atoms with van der Waals surface area (Å²) in [7, 11) is 1.60. The van der Waals surface area contributed by atoms with Crippen molar-refractivity contribution in [2.45, 2.75) is 31.8 Å². The van der Waals surface area contributed by atoms with Crippen molar-refractivity contribution in [1.82, 2.24) is 4.90 Å². The molecule has 0 aliphatic carbocycles. The van der Waals surface area contributed by atoms with Gasteiger partial charge >= 0.3 is 5.63 Å². The summed E-state index contributed by atoms with van der Waals surface area (Å²) >= 11 is 0. The van der Waals surface area contributed by atoms with E-state index in [0.29, 0.717) is 31.1 Å². The average molecular weight is 407 g/mol. The van der Waals surface area contributed by atoms with Gasteiger partial charge in [0.1, 0.15) is 11.3 Å². The maximum atomic E-state index is 12.2. The average Bonchev–Trinajstić information content (AvgIpc) is 3.08. The first kappa shape index (κ1) is 19.0. The van der Waals surface area contributed by atoms with E-state index in [2.05, 4.69) is 17.0 Å². The van der Waals surface area contributed by atoms with Gasteiger partial charge in [-0.15, -0.1) is 0 Å². The van der Waals surface area contributed by atoms with E-state index in [1.165, 1.54) is 5.56 Å². The van der Waals surface area contributed by atoms with Crippen LogP contribution in [0.2, 0.25) is 0 Å². The second-order valence-corrected chi connectivity index (χ2v) is 7.84. The number of fused-ring (bicyclic) bond motifs is 2. The molecule has 6 heteroatoms. The summed E-state index contributed by atoms with van der Waals surface area (Å²) in [5.74, 6) is 2.32. The third-order valence-corrected chi connectivity index (χ3v) is 5.93. The molecule has 0 radical (unpaired) electrons. The minimum absolute atomic E-state index is 0.280. The first-order chi connectivity index (χ1) is 14.7. The molecule has 0 spiro atoms. The normalized spacial score (nSPS) is 19.0. The van der Waals surface area contributed by atoms with E-state index in [-0.39, 0.29) is 11.7 Å². The van der Waals surface area contributed by atoms with Crippen molar-refractivity contribution in [2.24, 2.45) is 0 Å². The highest BCUT2D eigenvalue weighted by molar-refractivity contribution is 5.81. The van der Waals surface area contributed by atoms with E-state index in [4.69, 9.17) is 18.6 Å². The molecule has 2 aromatic carbocycles. The third-order valence-electron chi connectivity index (χ3n) is 5.93. The summed E-state index contributed by atoms with van der Waals surface area (Å²) < 4.78 is 22.3. The smallest absolute Gasteiger partial charge is 0.336 e. The van der Waals surface area contributed by atoms with Crippen LogP contribution < -0.4 is 19.8 Å². The molecule has 30 heavy (non-hydrogen) atoms. The Bertz CT molecular complexity index is 1120. The van der Waals surface area contributed by atoms with Crippen LogP contribution in [0.15, 0.2) is 51.7 Å². The van der Waals surface area contributed by atoms with Gasteiger partial charge in [0, 0.05) is 36.5 Å². The zero-order valence-corrected chi connectivity index (χ0v) is 17.1. The lowest BCUT2D eigenvalue weighted by Gasteiger charge is -2.26. The molecule has 3 heterocycles. The first-order valence-corrected chi connectivity index (χ1v) is 10.5. The molecule has 3 aromatic rings. The molecule has 0 unspecified atom stereocenters. The van der Waals surface area contributed by atoms with E-state index in [0.717, 1.165) is 48.3 Å². The highest BCUT2D eigenvalue weighted by Gasteiger charge is 2.28. The second-order valence-electron chi connectivity index (χ2n) is 7.84. The van der Waals surface area contributed by atoms with Crippen molar-refractivity contribution >= 4 is 11.0 Å². The molecule has 1 saturated heterocycles. The Morgan fingerprint density at radius 2 is 1.90 bits per heavy atom. The summed E-state index contributed by atoms with van der Waals surface area (Å²) in [6.07, 6.45) is 3.09. The number of nitrogens with zero attached hydrogens (tertiary/aromatic N) is 1. The largest absolute Gasteiger partial charge is 0.497 e. The van der Waals surface area contributed by atoms with Crippen LogP contribution in [0, 0.1) is 0 Å². The number of rotatable bonds is 4. The quantitative estimate of drug-likeness (QED) is 0.601. The molecule has 1 aromatic heterocycles. The minimum atomic E-state index is -0.336. The Morgan fingerprint density at radius 3 is 2.77 bits per heavy atom. The number of methoxy groups -OCH3 is 1. The molecule has 2 aliphatic rings. The Balaban J connectivity index is 1.45. The van der Waals surface area contributed by atoms with Crippen molar-refractivity contribution in [3.8, 4) is 17.2 Å². The van der Waals surface area contributed by atoms with E-state index in [1.54, 1.807) is 19.2 Å². The van der Waals surface area contributed by atoms with E-state index in [9.17, 15) is 4.79 Å². The van der Waals surface area contributed by atoms with Gasteiger partial charge in [0.15, 0.2) is 11.5 Å². The maximum Gasteiger partial charge on any atom is 0.336 e. The summed E-state index contributed by atoms with van der Waals surface area (Å²) in [5, 5.41) is 0.944. The van der Waals surface area contributed by atoms with Crippen LogP contribution in [0.5, 0.6) is 17.2 Å². The van der Waals surface area contributed by atoms with Crippen LogP contribution in [-0.2, 0) is 6.54 Å². The van der Waals surface area contributed by atoms with Gasteiger partial charge in [0.25, 0.3) is 0 Å². The van der Waals surface area contributed by atoms with Gasteiger partial charge in [0.05, 0.1) is 20.3 Å². The van der Waals surface area contributed by atoms with Gasteiger partial charge in [-0.1, -0.05) is 6.07 Å². The van der Waals surface area contributed by atoms with E-state index < -0.39 is 0 Å². The van der Waals surface area contributed by atoms with Crippen molar-refractivity contribution in [2.75, 3.05) is 26.9 Å². The molecular formula is C24H25NO5. The Kier molecular flexibility index (Phi) is 5.09. The SMILES string of the molecule is COc1ccc2c(CN3CCC[C@@H]3c3ccc4c(c3)OCCCO4)cc(=O)oc2c1. The van der Waals surface area contributed by atoms with Crippen LogP contribution in [0.25, 0.3) is 11.0 Å². The Morgan fingerprint density at radius 1 is 1.03 bits per heavy atom. The van der Waals surface area contributed by atoms with Crippen LogP contribution in [0.1, 0.15) is 36.4 Å². The summed E-state index contributed by atoms with van der Waals surface area (Å²) in [6.45, 7) is 3.04. The molecule has 0 bridgehead atoms. The van der Waals surface area contributed by atoms with Gasteiger partial charge in [-0.25, -0.2) is 4.79 Å². The molecule has 1 fully saturated rings. The van der Waals surface area contributed by atoms with Crippen LogP contribution >= 0.6 is 0 Å². The van der Waals surface area contributed by atoms with Crippen molar-refractivity contribution in [3.05, 3.63) is 64.0 Å². The van der Waals surface area contributed by atoms with Gasteiger partial charge < -0.3 is 18.6 Å². The molecule has 156 valence electrons. The molecule has 0 N–H and O–H groups in total. The molecule has 6 nitrogen and oxygen atoms in total. The lowest BCUT2D eigenvalue weighted by Crippen LogP contribution is -2.23. The zero-order chi connectivity index (χ0) is 20.5. The van der Waals surface area contributed by atoms with Crippen molar-refractivity contribution < 1.29 is 18.6 Å². The number of likely N-dealkylation sites (tertiary alicyclic amines) is 1. The maximum absolute atomic E-state index is 12.2. The standard InChI is InChI=1S/C24H25NO5/c1-27-18-6-7-19-17(13-24(26)30-22(19)14-18)15-25-9-2-4-20(25)16-5-8-21-23(12-16)29-11-3-10-28-21/h5-8,12-14,20H,2-4,9-11,15H2,1H3/t20-/m1/s1. The number of hydrogen-bond donors (Lipinski definition) is 0. The predicted molar refractivity (Wildman–Crippen MR) is 113 cm³/mol. The third kappa shape index (κ3) is 3.63. The highest BCUT2D eigenvalue weighted by Crippen LogP contribution is 2.39. The van der Waals surface area contributed by atoms with Crippen molar-refractivity contribution in [3.63, 3.8) is 0 Å². The fourth-order valence-electron chi connectivity index (χ4n) is 4.47. The van der Waals surface area contributed by atoms with Gasteiger partial charge in [-0.3, -0.25) is 4.90 Å². The molecular weight excluding hydrogens is 382 g/mol. The van der Waals surface area contributed by atoms with Crippen molar-refractivity contribution in [1.29, 1.82) is 0 Å². The highest BCUT2D eigenvalue weighted by atomic mass is 16.5. The summed E-state index contributed by atoms with van der Waals surface area (Å²) in [5.41, 5.74) is 2.43. The molecule has 2 aliphatic heterocycles. The second kappa shape index (κ2) is 8.03. The number of ether oxygens (including phenoxy) is 3. The molecule has 5 rings (SSSR count). The summed E-state index contributed by atoms with van der Waals surface area (Å²) in [6, 6.07) is 13.8. The predicted octanol–water partition coefficient (Wildman–Crippen LogP) is 4.30. The monoisotopic (exact) mass is 407 g/mol. The zero-order valence-electron chi connectivity index (χ0n) is 17.1. The number of hydrogen-bond acceptors (Lipinski definition) is 6. The Labute approximate surface area is 175 Å². The minimum Gasteiger partial charge on any atom is -0.497 e. The molecule has 1 atom stereocenters. The molecule has 0 saturated carbocycles. The first-order valence-electron chi connectivity index (χ1n) is 10.5. The van der Waals surface area contributed by atoms with Crippen LogP contribution in [0.4, 0.5) is 0 Å². The van der Waals surface area contributed by atoms with Crippen LogP contribution in [-0.4, -0.2) is 31.8 Å². The van der Waals surface area contributed by atoms with Crippen LogP contribution in [0.3, 0.4) is 0 Å². The lowest BCUT2D eigenvalue weighted by molar-refractivity contribution is 0.248. The summed E-state index contributed by atoms with van der Waals surface area (Å²) in [4.78, 5) is 14.6.